The van der Waals surface area contributed by atoms with Gasteiger partial charge < -0.3 is 4.90 Å². The van der Waals surface area contributed by atoms with Crippen molar-refractivity contribution < 1.29 is 13.3 Å². The van der Waals surface area contributed by atoms with Crippen molar-refractivity contribution in [3.8, 4) is 0 Å². The summed E-state index contributed by atoms with van der Waals surface area (Å²) in [4.78, 5) is 12.8. The van der Waals surface area contributed by atoms with Gasteiger partial charge in [-0.3, -0.25) is 10.1 Å². The minimum Gasteiger partial charge on any atom is -0.366 e. The number of nitrogens with zero attached hydrogens (tertiary/aromatic N) is 3. The van der Waals surface area contributed by atoms with Crippen molar-refractivity contribution in [3.63, 3.8) is 0 Å². The summed E-state index contributed by atoms with van der Waals surface area (Å²) < 4.78 is 27.0. The fraction of sp³-hybridized carbons (Fsp3) is 0.600. The van der Waals surface area contributed by atoms with Crippen LogP contribution in [0.15, 0.2) is 23.1 Å². The summed E-state index contributed by atoms with van der Waals surface area (Å²) in [7, 11) is -3.67. The zero-order chi connectivity index (χ0) is 16.6. The third-order valence-electron chi connectivity index (χ3n) is 4.60. The van der Waals surface area contributed by atoms with E-state index in [1.165, 1.54) is 16.4 Å². The zero-order valence-electron chi connectivity index (χ0n) is 13.1. The van der Waals surface area contributed by atoms with E-state index >= 15 is 0 Å². The summed E-state index contributed by atoms with van der Waals surface area (Å²) >= 11 is 0. The number of sulfonamides is 1. The van der Waals surface area contributed by atoms with E-state index in [1.807, 2.05) is 11.8 Å². The van der Waals surface area contributed by atoms with Crippen LogP contribution in [0.1, 0.15) is 26.2 Å². The molecule has 0 aromatic heterocycles. The summed E-state index contributed by atoms with van der Waals surface area (Å²) in [5.74, 6) is 0.314. The number of piperidine rings is 1. The molecule has 1 atom stereocenters. The molecule has 1 unspecified atom stereocenters. The molecule has 3 rings (SSSR count). The van der Waals surface area contributed by atoms with Gasteiger partial charge in [0.25, 0.3) is 5.69 Å². The van der Waals surface area contributed by atoms with Crippen molar-refractivity contribution in [2.24, 2.45) is 5.92 Å². The first kappa shape index (κ1) is 16.2. The van der Waals surface area contributed by atoms with Crippen LogP contribution in [0.25, 0.3) is 0 Å². The molecule has 1 aromatic carbocycles. The van der Waals surface area contributed by atoms with Gasteiger partial charge in [0.2, 0.25) is 10.0 Å². The molecule has 0 aliphatic carbocycles. The third kappa shape index (κ3) is 3.05. The lowest BCUT2D eigenvalue weighted by Crippen LogP contribution is -2.39. The molecule has 0 bridgehead atoms. The second-order valence-corrected chi connectivity index (χ2v) is 8.30. The largest absolute Gasteiger partial charge is 0.366 e. The minimum absolute atomic E-state index is 0.0163. The summed E-state index contributed by atoms with van der Waals surface area (Å²) in [5.41, 5.74) is 0.378. The van der Waals surface area contributed by atoms with Gasteiger partial charge >= 0.3 is 0 Å². The topological polar surface area (TPSA) is 83.8 Å². The molecule has 0 N–H and O–H groups in total. The van der Waals surface area contributed by atoms with Gasteiger partial charge in [0.05, 0.1) is 9.82 Å². The fourth-order valence-electron chi connectivity index (χ4n) is 3.15. The first-order valence-corrected chi connectivity index (χ1v) is 9.37. The molecular weight excluding hydrogens is 318 g/mol. The summed E-state index contributed by atoms with van der Waals surface area (Å²) in [5, 5.41) is 11.3. The highest BCUT2D eigenvalue weighted by atomic mass is 32.2. The number of hydrogen-bond acceptors (Lipinski definition) is 5. The Morgan fingerprint density at radius 2 is 1.96 bits per heavy atom. The van der Waals surface area contributed by atoms with Gasteiger partial charge in [-0.25, -0.2) is 8.42 Å². The maximum Gasteiger partial charge on any atom is 0.293 e. The molecule has 23 heavy (non-hydrogen) atoms. The monoisotopic (exact) mass is 339 g/mol. The number of nitro groups is 1. The Kier molecular flexibility index (Phi) is 4.29. The van der Waals surface area contributed by atoms with Crippen LogP contribution in [0, 0.1) is 16.0 Å². The first-order valence-electron chi connectivity index (χ1n) is 7.93. The van der Waals surface area contributed by atoms with Crippen LogP contribution in [0.4, 0.5) is 11.4 Å². The second-order valence-electron chi connectivity index (χ2n) is 6.36. The molecule has 2 heterocycles. The molecule has 0 saturated carbocycles. The molecule has 126 valence electrons. The highest BCUT2D eigenvalue weighted by molar-refractivity contribution is 7.89. The molecule has 0 amide bonds. The molecule has 7 nitrogen and oxygen atoms in total. The molecule has 2 aliphatic heterocycles. The molecule has 0 spiro atoms. The van der Waals surface area contributed by atoms with E-state index in [4.69, 9.17) is 0 Å². The Bertz CT molecular complexity index is 715. The van der Waals surface area contributed by atoms with E-state index in [-0.39, 0.29) is 10.6 Å². The predicted molar refractivity (Wildman–Crippen MR) is 87.1 cm³/mol. The normalized spacial score (nSPS) is 22.7. The smallest absolute Gasteiger partial charge is 0.293 e. The van der Waals surface area contributed by atoms with Crippen molar-refractivity contribution >= 4 is 21.4 Å². The Balaban J connectivity index is 1.95. The molecule has 2 fully saturated rings. The Hall–Kier alpha value is -1.67. The van der Waals surface area contributed by atoms with Crippen LogP contribution in [-0.2, 0) is 10.0 Å². The van der Waals surface area contributed by atoms with Crippen LogP contribution in [0.2, 0.25) is 0 Å². The van der Waals surface area contributed by atoms with E-state index in [1.54, 1.807) is 6.07 Å². The van der Waals surface area contributed by atoms with Gasteiger partial charge in [-0.2, -0.15) is 4.31 Å². The van der Waals surface area contributed by atoms with Crippen molar-refractivity contribution in [1.82, 2.24) is 4.31 Å². The van der Waals surface area contributed by atoms with Crippen LogP contribution in [0.3, 0.4) is 0 Å². The number of hydrogen-bond donors (Lipinski definition) is 0. The lowest BCUT2D eigenvalue weighted by atomic mass is 10.0. The lowest BCUT2D eigenvalue weighted by Gasteiger charge is -2.33. The predicted octanol–water partition coefficient (Wildman–Crippen LogP) is 2.23. The quantitative estimate of drug-likeness (QED) is 0.620. The lowest BCUT2D eigenvalue weighted by molar-refractivity contribution is -0.384. The summed E-state index contributed by atoms with van der Waals surface area (Å²) in [6, 6.07) is 4.27. The Labute approximate surface area is 136 Å². The summed E-state index contributed by atoms with van der Waals surface area (Å²) in [6.45, 7) is 4.53. The molecule has 0 radical (unpaired) electrons. The Morgan fingerprint density at radius 1 is 1.22 bits per heavy atom. The number of nitro benzene ring substituents is 1. The SMILES string of the molecule is CC1CCCN(S(=O)(=O)c2ccc(N3CCC3)c([N+](=O)[O-])c2)C1. The second kappa shape index (κ2) is 6.09. The van der Waals surface area contributed by atoms with E-state index in [9.17, 15) is 18.5 Å². The van der Waals surface area contributed by atoms with Crippen molar-refractivity contribution in [2.75, 3.05) is 31.1 Å². The van der Waals surface area contributed by atoms with Crippen molar-refractivity contribution in [3.05, 3.63) is 28.3 Å². The van der Waals surface area contributed by atoms with Gasteiger partial charge in [-0.15, -0.1) is 0 Å². The van der Waals surface area contributed by atoms with Crippen LogP contribution in [0.5, 0.6) is 0 Å². The van der Waals surface area contributed by atoms with Gasteiger partial charge in [0.15, 0.2) is 0 Å². The molecule has 2 saturated heterocycles. The molecular formula is C15H21N3O4S. The van der Waals surface area contributed by atoms with Gasteiger partial charge in [0.1, 0.15) is 5.69 Å². The average Bonchev–Trinajstić information content (AvgIpc) is 2.45. The maximum absolute atomic E-state index is 12.8. The zero-order valence-corrected chi connectivity index (χ0v) is 14.0. The highest BCUT2D eigenvalue weighted by Gasteiger charge is 2.32. The van der Waals surface area contributed by atoms with Gasteiger partial charge in [0, 0.05) is 32.2 Å². The van der Waals surface area contributed by atoms with E-state index in [0.29, 0.717) is 24.7 Å². The minimum atomic E-state index is -3.67. The Morgan fingerprint density at radius 3 is 2.52 bits per heavy atom. The van der Waals surface area contributed by atoms with E-state index in [0.717, 1.165) is 32.4 Å². The maximum atomic E-state index is 12.8. The van der Waals surface area contributed by atoms with E-state index in [2.05, 4.69) is 0 Å². The van der Waals surface area contributed by atoms with Crippen LogP contribution < -0.4 is 4.90 Å². The standard InChI is InChI=1S/C15H21N3O4S/c1-12-4-2-9-17(11-12)23(21,22)13-5-6-14(16-7-3-8-16)15(10-13)18(19)20/h5-6,10,12H,2-4,7-9,11H2,1H3. The average molecular weight is 339 g/mol. The highest BCUT2D eigenvalue weighted by Crippen LogP contribution is 2.34. The van der Waals surface area contributed by atoms with E-state index < -0.39 is 14.9 Å². The van der Waals surface area contributed by atoms with Gasteiger partial charge in [-0.05, 0) is 37.3 Å². The molecule has 8 heteroatoms. The van der Waals surface area contributed by atoms with Crippen molar-refractivity contribution in [1.29, 1.82) is 0 Å². The number of anilines is 1. The van der Waals surface area contributed by atoms with Crippen molar-refractivity contribution in [2.45, 2.75) is 31.1 Å². The molecule has 2 aliphatic rings. The van der Waals surface area contributed by atoms with Gasteiger partial charge in [-0.1, -0.05) is 6.92 Å². The number of rotatable bonds is 4. The van der Waals surface area contributed by atoms with Crippen LogP contribution >= 0.6 is 0 Å². The first-order chi connectivity index (χ1) is 10.9. The fourth-order valence-corrected chi connectivity index (χ4v) is 4.77. The number of benzene rings is 1. The van der Waals surface area contributed by atoms with Crippen LogP contribution in [-0.4, -0.2) is 43.8 Å². The summed E-state index contributed by atoms with van der Waals surface area (Å²) in [6.07, 6.45) is 2.84. The third-order valence-corrected chi connectivity index (χ3v) is 6.46. The molecule has 1 aromatic rings.